The third-order valence-corrected chi connectivity index (χ3v) is 2.71. The van der Waals surface area contributed by atoms with Crippen LogP contribution in [0.2, 0.25) is 0 Å². The van der Waals surface area contributed by atoms with E-state index in [9.17, 15) is 9.59 Å². The number of imide groups is 1. The number of rotatable bonds is 2. The largest absolute Gasteiger partial charge is 0.269 e. The highest BCUT2D eigenvalue weighted by molar-refractivity contribution is 6.30. The number of anilines is 1. The van der Waals surface area contributed by atoms with Crippen molar-refractivity contribution in [3.63, 3.8) is 0 Å². The second-order valence-electron chi connectivity index (χ2n) is 3.79. The van der Waals surface area contributed by atoms with Gasteiger partial charge in [0.05, 0.1) is 5.69 Å². The molecule has 0 aromatic heterocycles. The first-order valence-corrected chi connectivity index (χ1v) is 5.29. The Bertz CT molecular complexity index is 488. The van der Waals surface area contributed by atoms with Gasteiger partial charge in [0.1, 0.15) is 0 Å². The van der Waals surface area contributed by atoms with Crippen molar-refractivity contribution < 1.29 is 9.59 Å². The lowest BCUT2D eigenvalue weighted by Gasteiger charge is -2.17. The summed E-state index contributed by atoms with van der Waals surface area (Å²) in [6.07, 6.45) is 2.18. The van der Waals surface area contributed by atoms with Crippen molar-refractivity contribution in [3.05, 3.63) is 41.5 Å². The topological polar surface area (TPSA) is 37.4 Å². The molecule has 1 aliphatic rings. The van der Waals surface area contributed by atoms with Crippen LogP contribution in [0.15, 0.2) is 35.9 Å². The maximum absolute atomic E-state index is 11.8. The van der Waals surface area contributed by atoms with Crippen LogP contribution in [0.25, 0.3) is 0 Å². The molecule has 0 radical (unpaired) electrons. The SMILES string of the molecule is CCc1ccccc1N1C(=O)C=C(C)C1=O. The minimum atomic E-state index is -0.247. The molecule has 1 aliphatic heterocycles. The van der Waals surface area contributed by atoms with E-state index in [4.69, 9.17) is 0 Å². The number of hydrogen-bond donors (Lipinski definition) is 0. The number of carbonyl (C=O) groups excluding carboxylic acids is 2. The normalized spacial score (nSPS) is 15.6. The number of amides is 2. The molecule has 3 heteroatoms. The third-order valence-electron chi connectivity index (χ3n) is 2.71. The zero-order valence-electron chi connectivity index (χ0n) is 9.36. The molecule has 2 rings (SSSR count). The van der Waals surface area contributed by atoms with E-state index in [0.29, 0.717) is 11.3 Å². The average molecular weight is 215 g/mol. The van der Waals surface area contributed by atoms with Crippen molar-refractivity contribution in [2.75, 3.05) is 4.90 Å². The Balaban J connectivity index is 2.46. The molecule has 1 heterocycles. The van der Waals surface area contributed by atoms with Crippen molar-refractivity contribution in [1.29, 1.82) is 0 Å². The van der Waals surface area contributed by atoms with Crippen molar-refractivity contribution in [3.8, 4) is 0 Å². The molecule has 0 atom stereocenters. The van der Waals surface area contributed by atoms with Crippen LogP contribution in [0.5, 0.6) is 0 Å². The molecule has 0 unspecified atom stereocenters. The quantitative estimate of drug-likeness (QED) is 0.708. The van der Waals surface area contributed by atoms with Crippen LogP contribution in [0.3, 0.4) is 0 Å². The Hall–Kier alpha value is -1.90. The van der Waals surface area contributed by atoms with Gasteiger partial charge in [0, 0.05) is 11.6 Å². The van der Waals surface area contributed by atoms with Crippen LogP contribution in [0.1, 0.15) is 19.4 Å². The maximum Gasteiger partial charge on any atom is 0.261 e. The van der Waals surface area contributed by atoms with Gasteiger partial charge in [0.25, 0.3) is 11.8 Å². The average Bonchev–Trinajstić information content (AvgIpc) is 2.53. The lowest BCUT2D eigenvalue weighted by atomic mass is 10.1. The molecule has 1 aromatic rings. The van der Waals surface area contributed by atoms with Crippen molar-refractivity contribution in [2.24, 2.45) is 0 Å². The second kappa shape index (κ2) is 3.93. The highest BCUT2D eigenvalue weighted by Crippen LogP contribution is 2.26. The fourth-order valence-corrected chi connectivity index (χ4v) is 1.84. The van der Waals surface area contributed by atoms with E-state index >= 15 is 0 Å². The molecular weight excluding hydrogens is 202 g/mol. The smallest absolute Gasteiger partial charge is 0.261 e. The summed E-state index contributed by atoms with van der Waals surface area (Å²) in [6.45, 7) is 3.67. The summed E-state index contributed by atoms with van der Waals surface area (Å²) in [5.41, 5.74) is 2.20. The number of aryl methyl sites for hydroxylation is 1. The van der Waals surface area contributed by atoms with E-state index in [1.54, 1.807) is 13.0 Å². The Morgan fingerprint density at radius 1 is 1.19 bits per heavy atom. The summed E-state index contributed by atoms with van der Waals surface area (Å²) in [5, 5.41) is 0. The molecule has 0 aliphatic carbocycles. The van der Waals surface area contributed by atoms with E-state index in [0.717, 1.165) is 12.0 Å². The number of nitrogens with zero attached hydrogens (tertiary/aromatic N) is 1. The summed E-state index contributed by atoms with van der Waals surface area (Å²) in [4.78, 5) is 24.8. The van der Waals surface area contributed by atoms with Gasteiger partial charge in [0.15, 0.2) is 0 Å². The monoisotopic (exact) mass is 215 g/mol. The Labute approximate surface area is 94.4 Å². The molecule has 0 saturated carbocycles. The van der Waals surface area contributed by atoms with Crippen LogP contribution < -0.4 is 4.90 Å². The summed E-state index contributed by atoms with van der Waals surface area (Å²) < 4.78 is 0. The van der Waals surface area contributed by atoms with Crippen LogP contribution in [0, 0.1) is 0 Å². The Morgan fingerprint density at radius 2 is 1.88 bits per heavy atom. The van der Waals surface area contributed by atoms with Crippen molar-refractivity contribution in [1.82, 2.24) is 0 Å². The molecule has 0 fully saturated rings. The molecule has 3 nitrogen and oxygen atoms in total. The lowest BCUT2D eigenvalue weighted by Crippen LogP contribution is -2.31. The first kappa shape index (κ1) is 10.6. The van der Waals surface area contributed by atoms with Gasteiger partial charge in [-0.1, -0.05) is 25.1 Å². The lowest BCUT2D eigenvalue weighted by molar-refractivity contribution is -0.120. The van der Waals surface area contributed by atoms with Crippen LogP contribution in [0.4, 0.5) is 5.69 Å². The van der Waals surface area contributed by atoms with E-state index in [-0.39, 0.29) is 11.8 Å². The van der Waals surface area contributed by atoms with Gasteiger partial charge in [-0.25, -0.2) is 4.90 Å². The Morgan fingerprint density at radius 3 is 2.44 bits per heavy atom. The van der Waals surface area contributed by atoms with Gasteiger partial charge in [-0.15, -0.1) is 0 Å². The zero-order chi connectivity index (χ0) is 11.7. The van der Waals surface area contributed by atoms with Gasteiger partial charge in [0.2, 0.25) is 0 Å². The van der Waals surface area contributed by atoms with Crippen LogP contribution >= 0.6 is 0 Å². The van der Waals surface area contributed by atoms with Gasteiger partial charge < -0.3 is 0 Å². The molecule has 1 aromatic carbocycles. The fraction of sp³-hybridized carbons (Fsp3) is 0.231. The molecule has 82 valence electrons. The number of carbonyl (C=O) groups is 2. The van der Waals surface area contributed by atoms with E-state index in [1.807, 2.05) is 25.1 Å². The first-order chi connectivity index (χ1) is 7.65. The summed E-state index contributed by atoms with van der Waals surface area (Å²) in [5.74, 6) is -0.464. The minimum absolute atomic E-state index is 0.217. The van der Waals surface area contributed by atoms with Gasteiger partial charge in [-0.05, 0) is 25.0 Å². The molecule has 16 heavy (non-hydrogen) atoms. The second-order valence-corrected chi connectivity index (χ2v) is 3.79. The fourth-order valence-electron chi connectivity index (χ4n) is 1.84. The zero-order valence-corrected chi connectivity index (χ0v) is 9.36. The Kier molecular flexibility index (Phi) is 2.60. The first-order valence-electron chi connectivity index (χ1n) is 5.29. The highest BCUT2D eigenvalue weighted by atomic mass is 16.2. The molecule has 2 amide bonds. The van der Waals surface area contributed by atoms with Crippen molar-refractivity contribution in [2.45, 2.75) is 20.3 Å². The standard InChI is InChI=1S/C13H13NO2/c1-3-10-6-4-5-7-11(10)14-12(15)8-9(2)13(14)16/h4-8H,3H2,1-2H3. The van der Waals surface area contributed by atoms with Crippen LogP contribution in [-0.4, -0.2) is 11.8 Å². The number of hydrogen-bond acceptors (Lipinski definition) is 2. The molecule has 0 saturated heterocycles. The number of benzene rings is 1. The van der Waals surface area contributed by atoms with Gasteiger partial charge >= 0.3 is 0 Å². The third kappa shape index (κ3) is 1.54. The summed E-state index contributed by atoms with van der Waals surface area (Å²) in [6, 6.07) is 7.49. The van der Waals surface area contributed by atoms with Gasteiger partial charge in [-0.2, -0.15) is 0 Å². The summed E-state index contributed by atoms with van der Waals surface area (Å²) in [7, 11) is 0. The van der Waals surface area contributed by atoms with E-state index in [2.05, 4.69) is 0 Å². The predicted octanol–water partition coefficient (Wildman–Crippen LogP) is 2.07. The van der Waals surface area contributed by atoms with Crippen LogP contribution in [-0.2, 0) is 16.0 Å². The molecule has 0 spiro atoms. The summed E-state index contributed by atoms with van der Waals surface area (Å²) >= 11 is 0. The predicted molar refractivity (Wildman–Crippen MR) is 62.1 cm³/mol. The number of para-hydroxylation sites is 1. The molecule has 0 N–H and O–H groups in total. The van der Waals surface area contributed by atoms with Gasteiger partial charge in [-0.3, -0.25) is 9.59 Å². The van der Waals surface area contributed by atoms with Crippen molar-refractivity contribution >= 4 is 17.5 Å². The van der Waals surface area contributed by atoms with E-state index < -0.39 is 0 Å². The van der Waals surface area contributed by atoms with E-state index in [1.165, 1.54) is 11.0 Å². The molecule has 0 bridgehead atoms. The maximum atomic E-state index is 11.8. The molecular formula is C13H13NO2. The minimum Gasteiger partial charge on any atom is -0.269 e. The highest BCUT2D eigenvalue weighted by Gasteiger charge is 2.30.